The van der Waals surface area contributed by atoms with Crippen LogP contribution in [0, 0.1) is 0 Å². The Labute approximate surface area is 198 Å². The Hall–Kier alpha value is -3.30. The number of thiocarbonyl (C=S) groups is 1. The lowest BCUT2D eigenvalue weighted by molar-refractivity contribution is 0.0527. The van der Waals surface area contributed by atoms with Crippen molar-refractivity contribution in [3.8, 4) is 11.5 Å². The minimum Gasteiger partial charge on any atom is -0.462 e. The predicted octanol–water partition coefficient (Wildman–Crippen LogP) is 3.82. The predicted molar refractivity (Wildman–Crippen MR) is 130 cm³/mol. The average molecular weight is 466 g/mol. The first-order chi connectivity index (χ1) is 16.1. The fourth-order valence-corrected chi connectivity index (χ4v) is 4.01. The summed E-state index contributed by atoms with van der Waals surface area (Å²) in [6.45, 7) is 6.05. The van der Waals surface area contributed by atoms with E-state index in [1.165, 1.54) is 0 Å². The minimum absolute atomic E-state index is 0.326. The summed E-state index contributed by atoms with van der Waals surface area (Å²) in [5, 5.41) is 7.97. The summed E-state index contributed by atoms with van der Waals surface area (Å²) >= 11 is 5.66. The largest absolute Gasteiger partial charge is 0.462 e. The van der Waals surface area contributed by atoms with E-state index >= 15 is 0 Å². The second-order valence-electron chi connectivity index (χ2n) is 7.69. The van der Waals surface area contributed by atoms with E-state index < -0.39 is 0 Å². The number of nitrogens with one attached hydrogen (secondary N) is 1. The first-order valence-corrected chi connectivity index (χ1v) is 11.5. The summed E-state index contributed by atoms with van der Waals surface area (Å²) in [7, 11) is 0. The summed E-state index contributed by atoms with van der Waals surface area (Å²) < 4.78 is 10.6. The van der Waals surface area contributed by atoms with Crippen LogP contribution < -0.4 is 5.32 Å². The Morgan fingerprint density at radius 3 is 2.70 bits per heavy atom. The molecule has 0 spiro atoms. The molecular weight excluding hydrogens is 438 g/mol. The molecule has 2 heterocycles. The topological polar surface area (TPSA) is 83.7 Å². The van der Waals surface area contributed by atoms with Crippen molar-refractivity contribution < 1.29 is 14.1 Å². The lowest BCUT2D eigenvalue weighted by atomic mass is 10.2. The maximum Gasteiger partial charge on any atom is 0.340 e. The smallest absolute Gasteiger partial charge is 0.340 e. The van der Waals surface area contributed by atoms with Crippen molar-refractivity contribution >= 4 is 29.0 Å². The first kappa shape index (κ1) is 22.9. The summed E-state index contributed by atoms with van der Waals surface area (Å²) in [6, 6.07) is 17.0. The maximum absolute atomic E-state index is 12.2. The highest BCUT2D eigenvalue weighted by atomic mass is 32.1. The summed E-state index contributed by atoms with van der Waals surface area (Å²) in [6.07, 6.45) is 0.949. The molecule has 0 saturated carbocycles. The molecule has 0 amide bonds. The van der Waals surface area contributed by atoms with Gasteiger partial charge in [0.2, 0.25) is 0 Å². The van der Waals surface area contributed by atoms with Crippen LogP contribution in [-0.2, 0) is 11.3 Å². The molecule has 1 N–H and O–H groups in total. The van der Waals surface area contributed by atoms with E-state index in [4.69, 9.17) is 21.5 Å². The van der Waals surface area contributed by atoms with Crippen molar-refractivity contribution in [1.82, 2.24) is 19.9 Å². The van der Waals surface area contributed by atoms with Gasteiger partial charge in [-0.2, -0.15) is 4.98 Å². The third kappa shape index (κ3) is 5.94. The molecule has 1 aliphatic rings. The summed E-state index contributed by atoms with van der Waals surface area (Å²) in [5.41, 5.74) is 2.05. The zero-order valence-corrected chi connectivity index (χ0v) is 19.4. The number of hydrogen-bond acceptors (Lipinski definition) is 7. The van der Waals surface area contributed by atoms with Crippen LogP contribution in [-0.4, -0.2) is 63.8 Å². The molecule has 8 nitrogen and oxygen atoms in total. The SMILES string of the molecule is CCOC(=O)c1ccccc1NC(=S)N1CCCN(Cc2noc(-c3ccccc3)n2)CC1. The zero-order valence-electron chi connectivity index (χ0n) is 18.6. The number of aromatic nitrogens is 2. The molecule has 0 aliphatic carbocycles. The van der Waals surface area contributed by atoms with Gasteiger partial charge in [0.25, 0.3) is 5.89 Å². The Bertz CT molecular complexity index is 1090. The molecule has 1 aliphatic heterocycles. The Morgan fingerprint density at radius 1 is 1.09 bits per heavy atom. The number of esters is 1. The van der Waals surface area contributed by atoms with Gasteiger partial charge in [-0.25, -0.2) is 4.79 Å². The molecule has 2 aromatic carbocycles. The number of benzene rings is 2. The van der Waals surface area contributed by atoms with E-state index in [0.717, 1.165) is 38.2 Å². The van der Waals surface area contributed by atoms with Crippen molar-refractivity contribution in [2.24, 2.45) is 0 Å². The highest BCUT2D eigenvalue weighted by Crippen LogP contribution is 2.19. The number of rotatable bonds is 6. The highest BCUT2D eigenvalue weighted by molar-refractivity contribution is 7.80. The van der Waals surface area contributed by atoms with Gasteiger partial charge in [-0.15, -0.1) is 0 Å². The number of para-hydroxylation sites is 1. The molecule has 33 heavy (non-hydrogen) atoms. The fraction of sp³-hybridized carbons (Fsp3) is 0.333. The lowest BCUT2D eigenvalue weighted by Gasteiger charge is -2.25. The van der Waals surface area contributed by atoms with Gasteiger partial charge in [0.15, 0.2) is 10.9 Å². The summed E-state index contributed by atoms with van der Waals surface area (Å²) in [4.78, 5) is 21.2. The third-order valence-electron chi connectivity index (χ3n) is 5.39. The normalized spacial score (nSPS) is 14.5. The molecule has 0 bridgehead atoms. The van der Waals surface area contributed by atoms with Gasteiger partial charge in [0, 0.05) is 31.7 Å². The van der Waals surface area contributed by atoms with Crippen molar-refractivity contribution in [3.05, 3.63) is 66.0 Å². The Morgan fingerprint density at radius 2 is 1.88 bits per heavy atom. The molecule has 4 rings (SSSR count). The average Bonchev–Trinajstić information content (AvgIpc) is 3.17. The van der Waals surface area contributed by atoms with Gasteiger partial charge < -0.3 is 19.5 Å². The van der Waals surface area contributed by atoms with Crippen LogP contribution in [0.1, 0.15) is 29.5 Å². The van der Waals surface area contributed by atoms with Gasteiger partial charge in [-0.3, -0.25) is 4.90 Å². The number of nitrogens with zero attached hydrogens (tertiary/aromatic N) is 4. The van der Waals surface area contributed by atoms with E-state index in [2.05, 4.69) is 25.3 Å². The van der Waals surface area contributed by atoms with Crippen LogP contribution in [0.15, 0.2) is 59.1 Å². The van der Waals surface area contributed by atoms with E-state index in [1.807, 2.05) is 48.5 Å². The van der Waals surface area contributed by atoms with Crippen LogP contribution in [0.2, 0.25) is 0 Å². The lowest BCUT2D eigenvalue weighted by Crippen LogP contribution is -2.38. The minimum atomic E-state index is -0.361. The maximum atomic E-state index is 12.2. The van der Waals surface area contributed by atoms with Gasteiger partial charge in [-0.05, 0) is 49.8 Å². The van der Waals surface area contributed by atoms with E-state index in [9.17, 15) is 4.79 Å². The van der Waals surface area contributed by atoms with Gasteiger partial charge in [0.1, 0.15) is 0 Å². The molecule has 172 valence electrons. The van der Waals surface area contributed by atoms with Crippen molar-refractivity contribution in [2.45, 2.75) is 19.9 Å². The van der Waals surface area contributed by atoms with Crippen LogP contribution >= 0.6 is 12.2 Å². The molecule has 1 fully saturated rings. The molecule has 1 saturated heterocycles. The first-order valence-electron chi connectivity index (χ1n) is 11.1. The van der Waals surface area contributed by atoms with Crippen LogP contribution in [0.5, 0.6) is 0 Å². The molecule has 0 unspecified atom stereocenters. The van der Waals surface area contributed by atoms with Gasteiger partial charge in [0.05, 0.1) is 24.4 Å². The van der Waals surface area contributed by atoms with Crippen LogP contribution in [0.4, 0.5) is 5.69 Å². The second-order valence-corrected chi connectivity index (χ2v) is 8.08. The fourth-order valence-electron chi connectivity index (χ4n) is 3.72. The molecule has 9 heteroatoms. The zero-order chi connectivity index (χ0) is 23.0. The van der Waals surface area contributed by atoms with Crippen LogP contribution in [0.3, 0.4) is 0 Å². The van der Waals surface area contributed by atoms with Gasteiger partial charge in [-0.1, -0.05) is 35.5 Å². The number of carbonyl (C=O) groups excluding carboxylic acids is 1. The quantitative estimate of drug-likeness (QED) is 0.431. The van der Waals surface area contributed by atoms with E-state index in [1.54, 1.807) is 13.0 Å². The summed E-state index contributed by atoms with van der Waals surface area (Å²) in [5.74, 6) is 0.847. The van der Waals surface area contributed by atoms with Crippen LogP contribution in [0.25, 0.3) is 11.5 Å². The molecule has 1 aromatic heterocycles. The van der Waals surface area contributed by atoms with E-state index in [-0.39, 0.29) is 5.97 Å². The monoisotopic (exact) mass is 465 g/mol. The highest BCUT2D eigenvalue weighted by Gasteiger charge is 2.20. The van der Waals surface area contributed by atoms with Gasteiger partial charge >= 0.3 is 5.97 Å². The number of ether oxygens (including phenoxy) is 1. The van der Waals surface area contributed by atoms with Crippen molar-refractivity contribution in [2.75, 3.05) is 38.1 Å². The Balaban J connectivity index is 1.34. The van der Waals surface area contributed by atoms with Crippen molar-refractivity contribution in [1.29, 1.82) is 0 Å². The molecule has 3 aromatic rings. The number of carbonyl (C=O) groups is 1. The van der Waals surface area contributed by atoms with Crippen molar-refractivity contribution in [3.63, 3.8) is 0 Å². The molecule has 0 atom stereocenters. The second kappa shape index (κ2) is 11.0. The van der Waals surface area contributed by atoms with E-state index in [0.29, 0.717) is 41.2 Å². The molecular formula is C24H27N5O3S. The molecule has 0 radical (unpaired) electrons. The number of hydrogen-bond donors (Lipinski definition) is 1. The number of anilines is 1. The third-order valence-corrected chi connectivity index (χ3v) is 5.75. The standard InChI is InChI=1S/C24H27N5O3S/c1-2-31-23(30)19-11-6-7-12-20(19)25-24(33)29-14-8-13-28(15-16-29)17-21-26-22(32-27-21)18-9-4-3-5-10-18/h3-7,9-12H,2,8,13-17H2,1H3,(H,25,33). The Kier molecular flexibility index (Phi) is 7.64.